The fraction of sp³-hybridized carbons (Fsp3) is 1.00. The Morgan fingerprint density at radius 3 is 2.00 bits per heavy atom. The second-order valence-corrected chi connectivity index (χ2v) is 2.65. The maximum atomic E-state index is 7.31. The molecule has 0 aromatic heterocycles. The van der Waals surface area contributed by atoms with Gasteiger partial charge in [-0.05, 0) is 27.3 Å². The van der Waals surface area contributed by atoms with Crippen LogP contribution in [0.2, 0.25) is 1.41 Å². The van der Waals surface area contributed by atoms with Gasteiger partial charge in [0.05, 0.1) is 0 Å². The summed E-state index contributed by atoms with van der Waals surface area (Å²) in [5.74, 6) is 0. The highest BCUT2D eigenvalue weighted by atomic mass is 14.9. The summed E-state index contributed by atoms with van der Waals surface area (Å²) in [5.41, 5.74) is 0.00868. The lowest BCUT2D eigenvalue weighted by molar-refractivity contribution is 0.439. The first-order valence-corrected chi connectivity index (χ1v) is 2.75. The standard InChI is InChI=1S/C6H15N/c1-5-7-6(2,3)4/h7H,5H2,1-4H3/i/hD. The molecule has 0 aliphatic rings. The molecular formula is C6H15N. The fourth-order valence-electron chi connectivity index (χ4n) is 0.474. The molecule has 0 atom stereocenters. The number of rotatable bonds is 1. The molecule has 0 fully saturated rings. The third kappa shape index (κ3) is 5.96. The highest BCUT2D eigenvalue weighted by Gasteiger charge is 2.04. The van der Waals surface area contributed by atoms with Gasteiger partial charge in [0.15, 0.2) is 0 Å². The van der Waals surface area contributed by atoms with E-state index in [9.17, 15) is 0 Å². The molecule has 0 saturated heterocycles. The van der Waals surface area contributed by atoms with Crippen molar-refractivity contribution in [1.29, 1.82) is 0 Å². The van der Waals surface area contributed by atoms with Crippen molar-refractivity contribution in [3.05, 3.63) is 0 Å². The topological polar surface area (TPSA) is 12.0 Å². The maximum absolute atomic E-state index is 7.31. The SMILES string of the molecule is [2H]N(CC)C(C)(C)C. The van der Waals surface area contributed by atoms with E-state index >= 15 is 0 Å². The molecule has 0 bridgehead atoms. The molecule has 0 aliphatic carbocycles. The Morgan fingerprint density at radius 2 is 2.00 bits per heavy atom. The van der Waals surface area contributed by atoms with E-state index in [1.807, 2.05) is 27.7 Å². The lowest BCUT2D eigenvalue weighted by Gasteiger charge is -2.18. The lowest BCUT2D eigenvalue weighted by Crippen LogP contribution is -2.35. The van der Waals surface area contributed by atoms with E-state index in [0.717, 1.165) is 6.54 Å². The smallest absolute Gasteiger partial charge is 0.123 e. The molecule has 0 spiro atoms. The average Bonchev–Trinajstić information content (AvgIpc) is 1.62. The normalized spacial score (nSPS) is 14.7. The Morgan fingerprint density at radius 1 is 1.57 bits per heavy atom. The molecule has 0 rings (SSSR count). The van der Waals surface area contributed by atoms with E-state index in [1.165, 1.54) is 0 Å². The summed E-state index contributed by atoms with van der Waals surface area (Å²) in [6.07, 6.45) is 0. The van der Waals surface area contributed by atoms with E-state index in [0.29, 0.717) is 0 Å². The molecule has 0 unspecified atom stereocenters. The van der Waals surface area contributed by atoms with E-state index < -0.39 is 0 Å². The molecule has 44 valence electrons. The first-order valence-electron chi connectivity index (χ1n) is 3.19. The van der Waals surface area contributed by atoms with Crippen molar-refractivity contribution < 1.29 is 1.41 Å². The van der Waals surface area contributed by atoms with Crippen molar-refractivity contribution in [2.75, 3.05) is 6.54 Å². The molecule has 1 heteroatoms. The van der Waals surface area contributed by atoms with E-state index in [2.05, 4.69) is 0 Å². The van der Waals surface area contributed by atoms with Gasteiger partial charge in [-0.2, -0.15) is 0 Å². The van der Waals surface area contributed by atoms with Crippen LogP contribution in [-0.2, 0) is 0 Å². The Bertz CT molecular complexity index is 65.4. The van der Waals surface area contributed by atoms with E-state index in [4.69, 9.17) is 1.41 Å². The van der Waals surface area contributed by atoms with Gasteiger partial charge in [-0.25, -0.2) is 0 Å². The molecule has 0 aliphatic heterocycles. The van der Waals surface area contributed by atoms with Crippen LogP contribution in [0.3, 0.4) is 0 Å². The molecule has 1 nitrogen and oxygen atoms in total. The van der Waals surface area contributed by atoms with Crippen LogP contribution in [0.25, 0.3) is 0 Å². The minimum Gasteiger partial charge on any atom is -0.312 e. The molecule has 0 aromatic carbocycles. The average molecular weight is 102 g/mol. The highest BCUT2D eigenvalue weighted by Crippen LogP contribution is 1.95. The Balaban J connectivity index is 3.62. The van der Waals surface area contributed by atoms with Gasteiger partial charge in [0.2, 0.25) is 0 Å². The van der Waals surface area contributed by atoms with Gasteiger partial charge in [-0.3, -0.25) is 0 Å². The van der Waals surface area contributed by atoms with Crippen LogP contribution in [0.5, 0.6) is 0 Å². The molecule has 7 heavy (non-hydrogen) atoms. The van der Waals surface area contributed by atoms with E-state index in [-0.39, 0.29) is 5.54 Å². The molecule has 0 aromatic rings. The molecule has 0 amide bonds. The number of hydrogen-bond acceptors (Lipinski definition) is 1. The van der Waals surface area contributed by atoms with Crippen LogP contribution < -0.4 is 5.31 Å². The van der Waals surface area contributed by atoms with Gasteiger partial charge in [-0.1, -0.05) is 6.92 Å². The zero-order valence-corrected chi connectivity index (χ0v) is 5.65. The van der Waals surface area contributed by atoms with Crippen LogP contribution >= 0.6 is 0 Å². The van der Waals surface area contributed by atoms with Gasteiger partial charge < -0.3 is 5.31 Å². The molecule has 0 heterocycles. The summed E-state index contributed by atoms with van der Waals surface area (Å²) in [6, 6.07) is 0. The van der Waals surface area contributed by atoms with Crippen LogP contribution in [-0.4, -0.2) is 12.1 Å². The maximum Gasteiger partial charge on any atom is 0.123 e. The van der Waals surface area contributed by atoms with Crippen molar-refractivity contribution >= 4 is 0 Å². The first kappa shape index (κ1) is 5.10. The van der Waals surface area contributed by atoms with Crippen molar-refractivity contribution in [2.45, 2.75) is 33.2 Å². The Labute approximate surface area is 47.6 Å². The second kappa shape index (κ2) is 2.31. The van der Waals surface area contributed by atoms with Crippen molar-refractivity contribution in [2.24, 2.45) is 0 Å². The predicted octanol–water partition coefficient (Wildman–Crippen LogP) is 1.39. The number of hydrogen-bond donors (Lipinski definition) is 1. The monoisotopic (exact) mass is 102 g/mol. The second-order valence-electron chi connectivity index (χ2n) is 2.65. The highest BCUT2D eigenvalue weighted by molar-refractivity contribution is 4.67. The molecule has 1 N–H and O–H groups in total. The zero-order chi connectivity index (χ0) is 6.78. The molecular weight excluding hydrogens is 86.1 g/mol. The summed E-state index contributed by atoms with van der Waals surface area (Å²) in [7, 11) is 0. The first-order chi connectivity index (χ1) is 3.48. The minimum atomic E-state index is 0.00868. The largest absolute Gasteiger partial charge is 0.312 e. The van der Waals surface area contributed by atoms with Gasteiger partial charge in [0, 0.05) is 5.54 Å². The quantitative estimate of drug-likeness (QED) is 0.527. The fourth-order valence-corrected chi connectivity index (χ4v) is 0.474. The van der Waals surface area contributed by atoms with Crippen molar-refractivity contribution in [3.8, 4) is 0 Å². The van der Waals surface area contributed by atoms with Gasteiger partial charge >= 0.3 is 0 Å². The third-order valence-corrected chi connectivity index (χ3v) is 0.632. The Hall–Kier alpha value is -0.0400. The van der Waals surface area contributed by atoms with Crippen LogP contribution in [0, 0.1) is 0 Å². The van der Waals surface area contributed by atoms with Crippen LogP contribution in [0.15, 0.2) is 0 Å². The van der Waals surface area contributed by atoms with Crippen LogP contribution in [0.1, 0.15) is 27.7 Å². The number of nitrogens with one attached hydrogen (secondary N) is 1. The van der Waals surface area contributed by atoms with Crippen molar-refractivity contribution in [1.82, 2.24) is 5.31 Å². The van der Waals surface area contributed by atoms with Crippen LogP contribution in [0.4, 0.5) is 0 Å². The van der Waals surface area contributed by atoms with E-state index in [1.54, 1.807) is 5.31 Å². The zero-order valence-electron chi connectivity index (χ0n) is 6.65. The summed E-state index contributed by atoms with van der Waals surface area (Å²) in [4.78, 5) is 0. The van der Waals surface area contributed by atoms with Crippen molar-refractivity contribution in [3.63, 3.8) is 0 Å². The van der Waals surface area contributed by atoms with Gasteiger partial charge in [-0.15, -0.1) is 0 Å². The summed E-state index contributed by atoms with van der Waals surface area (Å²) in [5, 5.41) is 1.56. The summed E-state index contributed by atoms with van der Waals surface area (Å²) >= 11 is 0. The van der Waals surface area contributed by atoms with Gasteiger partial charge in [0.25, 0.3) is 0 Å². The minimum absolute atomic E-state index is 0.00868. The van der Waals surface area contributed by atoms with Gasteiger partial charge in [0.1, 0.15) is 1.41 Å². The molecule has 0 radical (unpaired) electrons. The summed E-state index contributed by atoms with van der Waals surface area (Å²) < 4.78 is 7.31. The molecule has 0 saturated carbocycles. The third-order valence-electron chi connectivity index (χ3n) is 0.632. The predicted molar refractivity (Wildman–Crippen MR) is 33.4 cm³/mol. The lowest BCUT2D eigenvalue weighted by atomic mass is 10.1. The Kier molecular flexibility index (Phi) is 1.69. The summed E-state index contributed by atoms with van der Waals surface area (Å²) in [6.45, 7) is 8.87.